The first-order valence-corrected chi connectivity index (χ1v) is 7.21. The third-order valence-corrected chi connectivity index (χ3v) is 3.52. The van der Waals surface area contributed by atoms with E-state index in [1.165, 1.54) is 4.68 Å². The van der Waals surface area contributed by atoms with Crippen LogP contribution in [0.1, 0.15) is 10.4 Å². The molecule has 120 valence electrons. The Morgan fingerprint density at radius 3 is 2.25 bits per heavy atom. The zero-order chi connectivity index (χ0) is 17.1. The summed E-state index contributed by atoms with van der Waals surface area (Å²) in [5.41, 5.74) is 1.01. The molecular formula is C17H14N4O3. The minimum absolute atomic E-state index is 0.0488. The Kier molecular flexibility index (Phi) is 4.07. The standard InChI is InChI=1S/C17H14N4O3/c1-20-16(18-17(22)13-10-6-3-7-11-13)15(21(23)24)14(19-20)12-8-4-2-5-9-12/h2-11H,1H3,(H,18,22). The zero-order valence-corrected chi connectivity index (χ0v) is 12.8. The van der Waals surface area contributed by atoms with Gasteiger partial charge < -0.3 is 5.32 Å². The Hall–Kier alpha value is -3.48. The first-order valence-electron chi connectivity index (χ1n) is 7.21. The number of rotatable bonds is 4. The Balaban J connectivity index is 2.04. The molecule has 7 nitrogen and oxygen atoms in total. The van der Waals surface area contributed by atoms with Gasteiger partial charge in [0.05, 0.1) is 4.92 Å². The molecule has 3 rings (SSSR count). The molecule has 3 aromatic rings. The second-order valence-corrected chi connectivity index (χ2v) is 5.11. The van der Waals surface area contributed by atoms with Crippen molar-refractivity contribution in [1.29, 1.82) is 0 Å². The number of aryl methyl sites for hydroxylation is 1. The molecule has 0 saturated carbocycles. The van der Waals surface area contributed by atoms with E-state index in [4.69, 9.17) is 0 Å². The maximum Gasteiger partial charge on any atom is 0.339 e. The highest BCUT2D eigenvalue weighted by atomic mass is 16.6. The van der Waals surface area contributed by atoms with E-state index in [1.54, 1.807) is 61.6 Å². The number of amides is 1. The minimum atomic E-state index is -0.532. The van der Waals surface area contributed by atoms with Crippen LogP contribution in [-0.4, -0.2) is 20.6 Å². The quantitative estimate of drug-likeness (QED) is 0.589. The van der Waals surface area contributed by atoms with Crippen LogP contribution in [0, 0.1) is 10.1 Å². The molecule has 0 unspecified atom stereocenters. The van der Waals surface area contributed by atoms with Crippen LogP contribution in [0.5, 0.6) is 0 Å². The summed E-state index contributed by atoms with van der Waals surface area (Å²) in [6, 6.07) is 17.3. The molecule has 0 radical (unpaired) electrons. The summed E-state index contributed by atoms with van der Waals surface area (Å²) in [5.74, 6) is -0.381. The van der Waals surface area contributed by atoms with Crippen LogP contribution in [0.3, 0.4) is 0 Å². The van der Waals surface area contributed by atoms with Gasteiger partial charge in [-0.25, -0.2) is 4.68 Å². The van der Waals surface area contributed by atoms with Crippen molar-refractivity contribution in [2.45, 2.75) is 0 Å². The predicted molar refractivity (Wildman–Crippen MR) is 89.7 cm³/mol. The highest BCUT2D eigenvalue weighted by molar-refractivity contribution is 6.05. The van der Waals surface area contributed by atoms with Gasteiger partial charge in [0.25, 0.3) is 5.91 Å². The molecule has 7 heteroatoms. The average molecular weight is 322 g/mol. The number of carbonyl (C=O) groups is 1. The van der Waals surface area contributed by atoms with Gasteiger partial charge in [0.2, 0.25) is 5.82 Å². The molecule has 0 bridgehead atoms. The highest BCUT2D eigenvalue weighted by Gasteiger charge is 2.29. The Bertz CT molecular complexity index is 889. The van der Waals surface area contributed by atoms with Crippen LogP contribution < -0.4 is 5.32 Å². The fraction of sp³-hybridized carbons (Fsp3) is 0.0588. The molecule has 1 amide bonds. The number of anilines is 1. The van der Waals surface area contributed by atoms with Crippen molar-refractivity contribution in [1.82, 2.24) is 9.78 Å². The van der Waals surface area contributed by atoms with Crippen molar-refractivity contribution >= 4 is 17.4 Å². The molecule has 1 N–H and O–H groups in total. The van der Waals surface area contributed by atoms with Crippen molar-refractivity contribution in [2.24, 2.45) is 7.05 Å². The van der Waals surface area contributed by atoms with Gasteiger partial charge in [-0.2, -0.15) is 5.10 Å². The molecule has 0 aliphatic heterocycles. The zero-order valence-electron chi connectivity index (χ0n) is 12.8. The molecule has 0 spiro atoms. The maximum atomic E-state index is 12.3. The number of nitrogens with one attached hydrogen (secondary N) is 1. The van der Waals surface area contributed by atoms with Gasteiger partial charge in [-0.3, -0.25) is 14.9 Å². The lowest BCUT2D eigenvalue weighted by Gasteiger charge is -2.04. The van der Waals surface area contributed by atoms with Crippen LogP contribution in [0.25, 0.3) is 11.3 Å². The smallest absolute Gasteiger partial charge is 0.301 e. The number of carbonyl (C=O) groups excluding carboxylic acids is 1. The number of nitrogens with zero attached hydrogens (tertiary/aromatic N) is 3. The van der Waals surface area contributed by atoms with E-state index in [0.29, 0.717) is 11.1 Å². The molecule has 0 atom stereocenters. The third-order valence-electron chi connectivity index (χ3n) is 3.52. The molecule has 0 aliphatic carbocycles. The second kappa shape index (κ2) is 6.33. The largest absolute Gasteiger partial charge is 0.339 e. The Morgan fingerprint density at radius 1 is 1.08 bits per heavy atom. The summed E-state index contributed by atoms with van der Waals surface area (Å²) in [4.78, 5) is 23.3. The van der Waals surface area contributed by atoms with E-state index in [0.717, 1.165) is 0 Å². The van der Waals surface area contributed by atoms with Gasteiger partial charge in [0.15, 0.2) is 5.69 Å². The Labute approximate surface area is 137 Å². The van der Waals surface area contributed by atoms with Crippen LogP contribution >= 0.6 is 0 Å². The molecule has 24 heavy (non-hydrogen) atoms. The molecule has 1 heterocycles. The summed E-state index contributed by atoms with van der Waals surface area (Å²) >= 11 is 0. The number of hydrogen-bond acceptors (Lipinski definition) is 4. The summed E-state index contributed by atoms with van der Waals surface area (Å²) in [5, 5.41) is 18.3. The van der Waals surface area contributed by atoms with Gasteiger partial charge >= 0.3 is 5.69 Å². The van der Waals surface area contributed by atoms with E-state index >= 15 is 0 Å². The summed E-state index contributed by atoms with van der Waals surface area (Å²) in [7, 11) is 1.56. The number of hydrogen-bond donors (Lipinski definition) is 1. The fourth-order valence-corrected chi connectivity index (χ4v) is 2.39. The summed E-state index contributed by atoms with van der Waals surface area (Å²) < 4.78 is 1.31. The maximum absolute atomic E-state index is 12.3. The first-order chi connectivity index (χ1) is 11.6. The molecule has 0 saturated heterocycles. The number of nitro groups is 1. The van der Waals surface area contributed by atoms with E-state index in [9.17, 15) is 14.9 Å². The molecular weight excluding hydrogens is 308 g/mol. The van der Waals surface area contributed by atoms with Crippen LogP contribution in [0.15, 0.2) is 60.7 Å². The molecule has 2 aromatic carbocycles. The molecule has 0 fully saturated rings. The van der Waals surface area contributed by atoms with E-state index in [-0.39, 0.29) is 17.2 Å². The van der Waals surface area contributed by atoms with Gasteiger partial charge in [-0.1, -0.05) is 48.5 Å². The predicted octanol–water partition coefficient (Wildman–Crippen LogP) is 3.25. The summed E-state index contributed by atoms with van der Waals surface area (Å²) in [6.45, 7) is 0. The number of aromatic nitrogens is 2. The van der Waals surface area contributed by atoms with Crippen molar-refractivity contribution in [3.63, 3.8) is 0 Å². The van der Waals surface area contributed by atoms with E-state index in [1.807, 2.05) is 6.07 Å². The fourth-order valence-electron chi connectivity index (χ4n) is 2.39. The lowest BCUT2D eigenvalue weighted by molar-refractivity contribution is -0.383. The lowest BCUT2D eigenvalue weighted by Crippen LogP contribution is -2.15. The molecule has 1 aromatic heterocycles. The Morgan fingerprint density at radius 2 is 1.67 bits per heavy atom. The normalized spacial score (nSPS) is 10.4. The third kappa shape index (κ3) is 2.87. The van der Waals surface area contributed by atoms with Crippen molar-refractivity contribution < 1.29 is 9.72 Å². The average Bonchev–Trinajstić information content (AvgIpc) is 2.93. The molecule has 0 aliphatic rings. The second-order valence-electron chi connectivity index (χ2n) is 5.11. The number of benzene rings is 2. The van der Waals surface area contributed by atoms with Crippen molar-refractivity contribution in [2.75, 3.05) is 5.32 Å². The van der Waals surface area contributed by atoms with Gasteiger partial charge in [0, 0.05) is 18.2 Å². The summed E-state index contributed by atoms with van der Waals surface area (Å²) in [6.07, 6.45) is 0. The first kappa shape index (κ1) is 15.4. The van der Waals surface area contributed by atoms with Gasteiger partial charge in [0.1, 0.15) is 0 Å². The highest BCUT2D eigenvalue weighted by Crippen LogP contribution is 2.35. The van der Waals surface area contributed by atoms with Crippen LogP contribution in [-0.2, 0) is 7.05 Å². The van der Waals surface area contributed by atoms with Gasteiger partial charge in [-0.15, -0.1) is 0 Å². The van der Waals surface area contributed by atoms with Crippen LogP contribution in [0.4, 0.5) is 11.5 Å². The van der Waals surface area contributed by atoms with Crippen molar-refractivity contribution in [3.05, 3.63) is 76.3 Å². The van der Waals surface area contributed by atoms with Gasteiger partial charge in [-0.05, 0) is 12.1 Å². The monoisotopic (exact) mass is 322 g/mol. The van der Waals surface area contributed by atoms with E-state index < -0.39 is 10.8 Å². The van der Waals surface area contributed by atoms with Crippen molar-refractivity contribution in [3.8, 4) is 11.3 Å². The lowest BCUT2D eigenvalue weighted by atomic mass is 10.1. The van der Waals surface area contributed by atoms with Crippen LogP contribution in [0.2, 0.25) is 0 Å². The van der Waals surface area contributed by atoms with E-state index in [2.05, 4.69) is 10.4 Å². The topological polar surface area (TPSA) is 90.1 Å². The minimum Gasteiger partial charge on any atom is -0.301 e. The SMILES string of the molecule is Cn1nc(-c2ccccc2)c([N+](=O)[O-])c1NC(=O)c1ccccc1.